The van der Waals surface area contributed by atoms with E-state index in [1.165, 1.54) is 0 Å². The van der Waals surface area contributed by atoms with Gasteiger partial charge in [0.05, 0.1) is 12.6 Å². The molecule has 116 valence electrons. The van der Waals surface area contributed by atoms with Crippen molar-refractivity contribution < 1.29 is 23.9 Å². The highest BCUT2D eigenvalue weighted by Crippen LogP contribution is 2.10. The Kier molecular flexibility index (Phi) is 7.24. The lowest BCUT2D eigenvalue weighted by Gasteiger charge is -2.24. The molecule has 1 atom stereocenters. The number of ether oxygens (including phenoxy) is 2. The summed E-state index contributed by atoms with van der Waals surface area (Å²) in [5.41, 5.74) is -0.643. The van der Waals surface area contributed by atoms with E-state index in [1.807, 2.05) is 0 Å². The average molecular weight is 287 g/mol. The van der Waals surface area contributed by atoms with Crippen LogP contribution in [-0.4, -0.2) is 36.1 Å². The molecule has 6 nitrogen and oxygen atoms in total. The molecule has 6 heteroatoms. The van der Waals surface area contributed by atoms with Crippen molar-refractivity contribution in [3.8, 4) is 0 Å². The van der Waals surface area contributed by atoms with Crippen LogP contribution in [0.15, 0.2) is 0 Å². The second-order valence-electron chi connectivity index (χ2n) is 5.82. The van der Waals surface area contributed by atoms with Gasteiger partial charge < -0.3 is 14.8 Å². The van der Waals surface area contributed by atoms with Gasteiger partial charge in [0.2, 0.25) is 0 Å². The summed E-state index contributed by atoms with van der Waals surface area (Å²) in [5.74, 6) is -1.12. The molecule has 0 aliphatic carbocycles. The molecule has 1 unspecified atom stereocenters. The topological polar surface area (TPSA) is 81.7 Å². The van der Waals surface area contributed by atoms with E-state index >= 15 is 0 Å². The Bertz CT molecular complexity index is 357. The number of Topliss-reactive ketones (excluding diaryl/α,β-unsaturated/α-hetero) is 1. The van der Waals surface area contributed by atoms with E-state index in [0.29, 0.717) is 0 Å². The van der Waals surface area contributed by atoms with E-state index < -0.39 is 23.7 Å². The van der Waals surface area contributed by atoms with Gasteiger partial charge in [-0.2, -0.15) is 0 Å². The Morgan fingerprint density at radius 1 is 1.15 bits per heavy atom. The lowest BCUT2D eigenvalue weighted by Crippen LogP contribution is -2.47. The van der Waals surface area contributed by atoms with E-state index in [9.17, 15) is 14.4 Å². The van der Waals surface area contributed by atoms with E-state index in [1.54, 1.807) is 41.5 Å². The summed E-state index contributed by atoms with van der Waals surface area (Å²) in [5, 5.41) is 2.50. The van der Waals surface area contributed by atoms with Crippen molar-refractivity contribution in [1.82, 2.24) is 5.32 Å². The van der Waals surface area contributed by atoms with Crippen LogP contribution in [0, 0.1) is 5.92 Å². The number of hydrogen-bond donors (Lipinski definition) is 1. The zero-order valence-electron chi connectivity index (χ0n) is 13.1. The summed E-state index contributed by atoms with van der Waals surface area (Å²) < 4.78 is 9.83. The van der Waals surface area contributed by atoms with Gasteiger partial charge in [-0.25, -0.2) is 4.79 Å². The number of hydrogen-bond acceptors (Lipinski definition) is 5. The molecule has 0 radical (unpaired) electrons. The first kappa shape index (κ1) is 18.4. The van der Waals surface area contributed by atoms with E-state index in [4.69, 9.17) is 9.47 Å². The second kappa shape index (κ2) is 7.87. The molecule has 20 heavy (non-hydrogen) atoms. The lowest BCUT2D eigenvalue weighted by atomic mass is 9.98. The van der Waals surface area contributed by atoms with Crippen LogP contribution in [-0.2, 0) is 19.1 Å². The number of rotatable bonds is 6. The molecule has 0 aromatic carbocycles. The molecular weight excluding hydrogens is 262 g/mol. The molecule has 0 rings (SSSR count). The number of esters is 1. The van der Waals surface area contributed by atoms with Crippen LogP contribution >= 0.6 is 0 Å². The summed E-state index contributed by atoms with van der Waals surface area (Å²) in [6.45, 7) is 10.7. The summed E-state index contributed by atoms with van der Waals surface area (Å²) >= 11 is 0. The van der Waals surface area contributed by atoms with Crippen molar-refractivity contribution in [2.75, 3.05) is 6.61 Å². The first-order chi connectivity index (χ1) is 9.06. The van der Waals surface area contributed by atoms with Crippen molar-refractivity contribution in [2.24, 2.45) is 5.92 Å². The Balaban J connectivity index is 4.61. The first-order valence-corrected chi connectivity index (χ1v) is 6.74. The standard InChI is InChI=1S/C14H25NO5/c1-7-19-11(17)8-10(16)12(9(2)3)15-13(18)20-14(4,5)6/h9,12H,7-8H2,1-6H3,(H,15,18). The maximum Gasteiger partial charge on any atom is 0.408 e. The molecule has 0 aromatic rings. The highest BCUT2D eigenvalue weighted by Gasteiger charge is 2.28. The summed E-state index contributed by atoms with van der Waals surface area (Å²) in [6.07, 6.45) is -1.03. The number of amides is 1. The van der Waals surface area contributed by atoms with Gasteiger partial charge in [-0.3, -0.25) is 9.59 Å². The highest BCUT2D eigenvalue weighted by atomic mass is 16.6. The normalized spacial score (nSPS) is 12.8. The van der Waals surface area contributed by atoms with Crippen LogP contribution in [0.2, 0.25) is 0 Å². The highest BCUT2D eigenvalue weighted by molar-refractivity contribution is 5.99. The number of nitrogens with one attached hydrogen (secondary N) is 1. The zero-order valence-corrected chi connectivity index (χ0v) is 13.1. The molecule has 0 saturated carbocycles. The largest absolute Gasteiger partial charge is 0.466 e. The smallest absolute Gasteiger partial charge is 0.408 e. The predicted molar refractivity (Wildman–Crippen MR) is 74.3 cm³/mol. The van der Waals surface area contributed by atoms with Crippen molar-refractivity contribution in [3.63, 3.8) is 0 Å². The fourth-order valence-corrected chi connectivity index (χ4v) is 1.52. The summed E-state index contributed by atoms with van der Waals surface area (Å²) in [6, 6.07) is -0.769. The second-order valence-corrected chi connectivity index (χ2v) is 5.82. The molecule has 0 aromatic heterocycles. The van der Waals surface area contributed by atoms with Crippen LogP contribution in [0.25, 0.3) is 0 Å². The van der Waals surface area contributed by atoms with Gasteiger partial charge in [-0.15, -0.1) is 0 Å². The third-order valence-corrected chi connectivity index (χ3v) is 2.31. The minimum Gasteiger partial charge on any atom is -0.466 e. The van der Waals surface area contributed by atoms with E-state index in [2.05, 4.69) is 5.32 Å². The van der Waals surface area contributed by atoms with Gasteiger partial charge in [0.1, 0.15) is 12.0 Å². The minimum atomic E-state index is -0.769. The molecule has 1 N–H and O–H groups in total. The van der Waals surface area contributed by atoms with Crippen LogP contribution in [0.1, 0.15) is 48.0 Å². The molecule has 0 heterocycles. The third kappa shape index (κ3) is 7.76. The summed E-state index contributed by atoms with van der Waals surface area (Å²) in [4.78, 5) is 35.0. The van der Waals surface area contributed by atoms with Gasteiger partial charge in [0.15, 0.2) is 5.78 Å². The molecule has 0 saturated heterocycles. The van der Waals surface area contributed by atoms with Crippen LogP contribution < -0.4 is 5.32 Å². The number of alkyl carbamates (subject to hydrolysis) is 1. The van der Waals surface area contributed by atoms with Gasteiger partial charge in [0, 0.05) is 0 Å². The van der Waals surface area contributed by atoms with Crippen molar-refractivity contribution >= 4 is 17.8 Å². The molecular formula is C14H25NO5. The maximum atomic E-state index is 12.0. The predicted octanol–water partition coefficient (Wildman–Crippen LogP) is 2.06. The van der Waals surface area contributed by atoms with Crippen molar-refractivity contribution in [2.45, 2.75) is 59.6 Å². The Hall–Kier alpha value is -1.59. The van der Waals surface area contributed by atoms with E-state index in [-0.39, 0.29) is 24.7 Å². The zero-order chi connectivity index (χ0) is 15.9. The summed E-state index contributed by atoms with van der Waals surface area (Å²) in [7, 11) is 0. The molecule has 0 fully saturated rings. The number of carbonyl (C=O) groups excluding carboxylic acids is 3. The fourth-order valence-electron chi connectivity index (χ4n) is 1.52. The first-order valence-electron chi connectivity index (χ1n) is 6.74. The number of ketones is 1. The fraction of sp³-hybridized carbons (Fsp3) is 0.786. The molecule has 0 spiro atoms. The Labute approximate surface area is 120 Å². The lowest BCUT2D eigenvalue weighted by molar-refractivity contribution is -0.146. The van der Waals surface area contributed by atoms with Gasteiger partial charge >= 0.3 is 12.1 Å². The quantitative estimate of drug-likeness (QED) is 0.597. The Morgan fingerprint density at radius 2 is 1.70 bits per heavy atom. The molecule has 0 bridgehead atoms. The Morgan fingerprint density at radius 3 is 2.10 bits per heavy atom. The average Bonchev–Trinajstić information content (AvgIpc) is 2.22. The minimum absolute atomic E-state index is 0.149. The van der Waals surface area contributed by atoms with Gasteiger partial charge in [-0.05, 0) is 33.6 Å². The maximum absolute atomic E-state index is 12.0. The monoisotopic (exact) mass is 287 g/mol. The molecule has 0 aliphatic rings. The van der Waals surface area contributed by atoms with Crippen molar-refractivity contribution in [1.29, 1.82) is 0 Å². The van der Waals surface area contributed by atoms with Gasteiger partial charge in [0.25, 0.3) is 0 Å². The molecule has 0 aliphatic heterocycles. The van der Waals surface area contributed by atoms with Crippen LogP contribution in [0.4, 0.5) is 4.79 Å². The van der Waals surface area contributed by atoms with Crippen LogP contribution in [0.5, 0.6) is 0 Å². The van der Waals surface area contributed by atoms with E-state index in [0.717, 1.165) is 0 Å². The van der Waals surface area contributed by atoms with Crippen molar-refractivity contribution in [3.05, 3.63) is 0 Å². The van der Waals surface area contributed by atoms with Gasteiger partial charge in [-0.1, -0.05) is 13.8 Å². The number of carbonyl (C=O) groups is 3. The SMILES string of the molecule is CCOC(=O)CC(=O)C(NC(=O)OC(C)(C)C)C(C)C. The third-order valence-electron chi connectivity index (χ3n) is 2.31. The van der Waals surface area contributed by atoms with Crippen LogP contribution in [0.3, 0.4) is 0 Å². The molecule has 1 amide bonds.